The first kappa shape index (κ1) is 3.02. The smallest absolute Gasteiger partial charge is 0.142 e. The summed E-state index contributed by atoms with van der Waals surface area (Å²) in [4.78, 5) is 7.23. The Morgan fingerprint density at radius 1 is 1.75 bits per heavy atom. The zero-order valence-electron chi connectivity index (χ0n) is 6.47. The molecule has 0 radical (unpaired) electrons. The highest BCUT2D eigenvalue weighted by Gasteiger charge is 1.83. The highest BCUT2D eigenvalue weighted by molar-refractivity contribution is 5.23. The van der Waals surface area contributed by atoms with Crippen molar-refractivity contribution >= 4 is 5.82 Å². The molecule has 42 valence electrons. The van der Waals surface area contributed by atoms with Crippen LogP contribution in [0, 0.1) is 6.92 Å². The molecule has 8 heavy (non-hydrogen) atoms. The quantitative estimate of drug-likeness (QED) is 0.526. The highest BCUT2D eigenvalue weighted by Crippen LogP contribution is 1.92. The Bertz CT molecular complexity index is 211. The number of rotatable bonds is 0. The minimum atomic E-state index is -0.129. The van der Waals surface area contributed by atoms with Gasteiger partial charge in [0.15, 0.2) is 0 Å². The lowest BCUT2D eigenvalue weighted by molar-refractivity contribution is 1.13. The molecule has 3 nitrogen and oxygen atoms in total. The van der Waals surface area contributed by atoms with Crippen LogP contribution in [-0.4, -0.2) is 9.97 Å². The summed E-state index contributed by atoms with van der Waals surface area (Å²) in [5.41, 5.74) is 5.70. The van der Waals surface area contributed by atoms with Crippen LogP contribution in [0.5, 0.6) is 0 Å². The van der Waals surface area contributed by atoms with E-state index in [1.165, 1.54) is 0 Å². The molecule has 1 rings (SSSR count). The molecule has 0 aliphatic heterocycles. The molecule has 0 atom stereocenters. The third-order valence-corrected chi connectivity index (χ3v) is 0.676. The van der Waals surface area contributed by atoms with Crippen LogP contribution in [0.4, 0.5) is 5.82 Å². The van der Waals surface area contributed by atoms with E-state index in [-0.39, 0.29) is 18.2 Å². The molecule has 2 N–H and O–H groups in total. The lowest BCUT2D eigenvalue weighted by atomic mass is 10.5. The molecule has 1 heterocycles. The highest BCUT2D eigenvalue weighted by atomic mass is 14.9. The molecule has 0 unspecified atom stereocenters. The third kappa shape index (κ3) is 0.932. The fourth-order valence-corrected chi connectivity index (χ4v) is 0.397. The third-order valence-electron chi connectivity index (χ3n) is 0.676. The van der Waals surface area contributed by atoms with E-state index in [9.17, 15) is 0 Å². The second kappa shape index (κ2) is 1.78. The van der Waals surface area contributed by atoms with Gasteiger partial charge in [-0.1, -0.05) is 0 Å². The molecule has 0 fully saturated rings. The van der Waals surface area contributed by atoms with E-state index in [1.54, 1.807) is 6.92 Å². The molecule has 0 aliphatic rings. The molecule has 0 spiro atoms. The normalized spacial score (nSPS) is 12.6. The van der Waals surface area contributed by atoms with Crippen molar-refractivity contribution in [1.29, 1.82) is 0 Å². The van der Waals surface area contributed by atoms with E-state index >= 15 is 0 Å². The van der Waals surface area contributed by atoms with Gasteiger partial charge < -0.3 is 5.73 Å². The van der Waals surface area contributed by atoms with E-state index < -0.39 is 0 Å². The average molecular weight is 111 g/mol. The summed E-state index contributed by atoms with van der Waals surface area (Å²) in [6.07, 6.45) is -0.116. The minimum absolute atomic E-state index is 0.0131. The number of aryl methyl sites for hydroxylation is 1. The van der Waals surface area contributed by atoms with E-state index in [1.807, 2.05) is 0 Å². The minimum Gasteiger partial charge on any atom is -0.382 e. The summed E-state index contributed by atoms with van der Waals surface area (Å²) in [5, 5.41) is 0. The van der Waals surface area contributed by atoms with Crippen molar-refractivity contribution in [1.82, 2.24) is 9.97 Å². The molecule has 0 aliphatic carbocycles. The van der Waals surface area contributed by atoms with Gasteiger partial charge in [0.2, 0.25) is 0 Å². The second-order valence-electron chi connectivity index (χ2n) is 1.42. The van der Waals surface area contributed by atoms with Gasteiger partial charge in [-0.15, -0.1) is 0 Å². The first-order valence-corrected chi connectivity index (χ1v) is 2.18. The number of anilines is 1. The van der Waals surface area contributed by atoms with Crippen molar-refractivity contribution in [2.45, 2.75) is 6.92 Å². The molecule has 1 aromatic rings. The van der Waals surface area contributed by atoms with Gasteiger partial charge in [-0.2, -0.15) is 0 Å². The van der Waals surface area contributed by atoms with Crippen LogP contribution in [0.15, 0.2) is 12.3 Å². The number of nitrogens with two attached hydrogens (primary N) is 1. The number of nitrogens with zero attached hydrogens (tertiary/aromatic N) is 2. The van der Waals surface area contributed by atoms with Crippen molar-refractivity contribution in [3.8, 4) is 0 Å². The predicted molar refractivity (Wildman–Crippen MR) is 31.2 cm³/mol. The van der Waals surface area contributed by atoms with Crippen LogP contribution in [0.2, 0.25) is 0 Å². The van der Waals surface area contributed by atoms with Gasteiger partial charge in [-0.3, -0.25) is 4.98 Å². The summed E-state index contributed by atoms with van der Waals surface area (Å²) < 4.78 is 14.1. The van der Waals surface area contributed by atoms with Crippen LogP contribution in [0.3, 0.4) is 0 Å². The molecule has 1 aromatic heterocycles. The summed E-state index contributed by atoms with van der Waals surface area (Å²) in [7, 11) is 0. The van der Waals surface area contributed by atoms with E-state index in [0.29, 0.717) is 5.69 Å². The standard InChI is InChI=1S/C5H7N3/c1-4-2-7-3-5(6)8-4/h2-3H,1H3,(H2,6,8)/i2D,3D. The van der Waals surface area contributed by atoms with Gasteiger partial charge in [-0.05, 0) is 6.92 Å². The van der Waals surface area contributed by atoms with Gasteiger partial charge in [0.1, 0.15) is 5.82 Å². The van der Waals surface area contributed by atoms with Gasteiger partial charge >= 0.3 is 0 Å². The maximum Gasteiger partial charge on any atom is 0.142 e. The predicted octanol–water partition coefficient (Wildman–Crippen LogP) is 0.367. The maximum atomic E-state index is 7.11. The van der Waals surface area contributed by atoms with Crippen LogP contribution in [-0.2, 0) is 0 Å². The summed E-state index contributed by atoms with van der Waals surface area (Å²) in [6, 6.07) is 0. The van der Waals surface area contributed by atoms with Crippen molar-refractivity contribution in [2.24, 2.45) is 0 Å². The molecule has 0 aromatic carbocycles. The lowest BCUT2D eigenvalue weighted by Crippen LogP contribution is -1.91. The van der Waals surface area contributed by atoms with Crippen molar-refractivity contribution in [3.63, 3.8) is 0 Å². The fourth-order valence-electron chi connectivity index (χ4n) is 0.397. The summed E-state index contributed by atoms with van der Waals surface area (Å²) in [6.45, 7) is 1.63. The van der Waals surface area contributed by atoms with Gasteiger partial charge in [-0.25, -0.2) is 4.98 Å². The summed E-state index contributed by atoms with van der Waals surface area (Å²) in [5.74, 6) is 0.0773. The molecular weight excluding hydrogens is 102 g/mol. The fraction of sp³-hybridized carbons (Fsp3) is 0.200. The van der Waals surface area contributed by atoms with E-state index in [4.69, 9.17) is 8.48 Å². The molecule has 0 saturated heterocycles. The Hall–Kier alpha value is -1.12. The lowest BCUT2D eigenvalue weighted by Gasteiger charge is -1.89. The Kier molecular flexibility index (Phi) is 0.670. The SMILES string of the molecule is [2H]c1nc([2H])c(N)nc1C. The first-order chi connectivity index (χ1) is 4.61. The second-order valence-corrected chi connectivity index (χ2v) is 1.42. The van der Waals surface area contributed by atoms with Crippen LogP contribution in [0.1, 0.15) is 8.44 Å². The van der Waals surface area contributed by atoms with Gasteiger partial charge in [0.25, 0.3) is 0 Å². The van der Waals surface area contributed by atoms with E-state index in [0.717, 1.165) is 0 Å². The van der Waals surface area contributed by atoms with Crippen molar-refractivity contribution in [2.75, 3.05) is 5.73 Å². The number of hydrogen-bond donors (Lipinski definition) is 1. The van der Waals surface area contributed by atoms with Gasteiger partial charge in [0, 0.05) is 6.17 Å². The van der Waals surface area contributed by atoms with Gasteiger partial charge in [0.05, 0.1) is 14.6 Å². The Morgan fingerprint density at radius 2 is 2.50 bits per heavy atom. The zero-order valence-corrected chi connectivity index (χ0v) is 4.47. The topological polar surface area (TPSA) is 51.8 Å². The van der Waals surface area contributed by atoms with Crippen LogP contribution in [0.25, 0.3) is 0 Å². The zero-order chi connectivity index (χ0) is 7.72. The first-order valence-electron chi connectivity index (χ1n) is 3.18. The van der Waals surface area contributed by atoms with Crippen LogP contribution >= 0.6 is 0 Å². The van der Waals surface area contributed by atoms with Crippen molar-refractivity contribution < 1.29 is 2.74 Å². The molecule has 3 heteroatoms. The Balaban J connectivity index is 3.28. The molecular formula is C5H7N3. The largest absolute Gasteiger partial charge is 0.382 e. The average Bonchev–Trinajstić information content (AvgIpc) is 1.84. The molecule has 0 amide bonds. The van der Waals surface area contributed by atoms with Crippen LogP contribution < -0.4 is 5.73 Å². The number of nitrogen functional groups attached to an aromatic ring is 1. The summed E-state index contributed by atoms with van der Waals surface area (Å²) >= 11 is 0. The number of aromatic nitrogens is 2. The molecule has 0 bridgehead atoms. The van der Waals surface area contributed by atoms with Crippen molar-refractivity contribution in [3.05, 3.63) is 18.0 Å². The monoisotopic (exact) mass is 111 g/mol. The number of hydrogen-bond acceptors (Lipinski definition) is 3. The van der Waals surface area contributed by atoms with E-state index in [2.05, 4.69) is 9.97 Å². The Morgan fingerprint density at radius 3 is 3.12 bits per heavy atom. The molecule has 0 saturated carbocycles. The maximum absolute atomic E-state index is 7.11. The Labute approximate surface area is 50.4 Å².